The van der Waals surface area contributed by atoms with Gasteiger partial charge in [-0.1, -0.05) is 13.8 Å². The van der Waals surface area contributed by atoms with E-state index in [-0.39, 0.29) is 12.0 Å². The number of rotatable bonds is 7. The largest absolute Gasteiger partial charge is 0.469 e. The Hall–Kier alpha value is -0.610. The summed E-state index contributed by atoms with van der Waals surface area (Å²) in [5.74, 6) is 0.219. The lowest BCUT2D eigenvalue weighted by molar-refractivity contribution is -0.141. The summed E-state index contributed by atoms with van der Waals surface area (Å²) in [5.41, 5.74) is -0.724. The fraction of sp³-hybridized carbons (Fsp3) is 0.917. The van der Waals surface area contributed by atoms with Crippen LogP contribution >= 0.6 is 0 Å². The molecule has 0 aliphatic carbocycles. The van der Waals surface area contributed by atoms with E-state index >= 15 is 0 Å². The van der Waals surface area contributed by atoms with Gasteiger partial charge in [0.05, 0.1) is 19.1 Å². The molecule has 2 N–H and O–H groups in total. The van der Waals surface area contributed by atoms with Crippen LogP contribution in [0.5, 0.6) is 0 Å². The topological polar surface area (TPSA) is 58.6 Å². The first-order valence-corrected chi connectivity index (χ1v) is 5.79. The van der Waals surface area contributed by atoms with Crippen molar-refractivity contribution in [3.8, 4) is 0 Å². The molecule has 0 saturated heterocycles. The van der Waals surface area contributed by atoms with Crippen LogP contribution in [0.4, 0.5) is 0 Å². The standard InChI is InChI=1S/C12H25NO3/c1-9(2)7-12(4,15)8-13-10(3)6-11(14)16-5/h9-10,13,15H,6-8H2,1-5H3. The van der Waals surface area contributed by atoms with E-state index < -0.39 is 5.60 Å². The van der Waals surface area contributed by atoms with Crippen molar-refractivity contribution >= 4 is 5.97 Å². The summed E-state index contributed by atoms with van der Waals surface area (Å²) in [6, 6.07) is 0.0195. The fourth-order valence-electron chi connectivity index (χ4n) is 1.75. The summed E-state index contributed by atoms with van der Waals surface area (Å²) in [6.45, 7) is 8.36. The molecule has 0 radical (unpaired) electrons. The van der Waals surface area contributed by atoms with Crippen LogP contribution in [0.2, 0.25) is 0 Å². The molecule has 0 aromatic heterocycles. The van der Waals surface area contributed by atoms with Gasteiger partial charge in [0.15, 0.2) is 0 Å². The number of ether oxygens (including phenoxy) is 1. The third-order valence-corrected chi connectivity index (χ3v) is 2.38. The second-order valence-electron chi connectivity index (χ2n) is 5.16. The van der Waals surface area contributed by atoms with E-state index in [2.05, 4.69) is 23.9 Å². The molecule has 0 fully saturated rings. The summed E-state index contributed by atoms with van der Waals surface area (Å²) >= 11 is 0. The molecule has 2 unspecified atom stereocenters. The smallest absolute Gasteiger partial charge is 0.307 e. The first-order valence-electron chi connectivity index (χ1n) is 5.79. The maximum atomic E-state index is 11.0. The predicted octanol–water partition coefficient (Wildman–Crippen LogP) is 1.32. The van der Waals surface area contributed by atoms with E-state index in [9.17, 15) is 9.90 Å². The zero-order valence-electron chi connectivity index (χ0n) is 11.0. The van der Waals surface area contributed by atoms with E-state index in [1.807, 2.05) is 13.8 Å². The minimum atomic E-state index is -0.724. The molecule has 0 spiro atoms. The van der Waals surface area contributed by atoms with Crippen molar-refractivity contribution in [1.82, 2.24) is 5.32 Å². The summed E-state index contributed by atoms with van der Waals surface area (Å²) in [7, 11) is 1.38. The fourth-order valence-corrected chi connectivity index (χ4v) is 1.75. The number of carbonyl (C=O) groups excluding carboxylic acids is 1. The van der Waals surface area contributed by atoms with Crippen LogP contribution in [0.15, 0.2) is 0 Å². The van der Waals surface area contributed by atoms with Gasteiger partial charge in [0.25, 0.3) is 0 Å². The molecule has 0 aromatic carbocycles. The van der Waals surface area contributed by atoms with E-state index in [1.165, 1.54) is 7.11 Å². The number of hydrogen-bond donors (Lipinski definition) is 2. The lowest BCUT2D eigenvalue weighted by Crippen LogP contribution is -2.43. The summed E-state index contributed by atoms with van der Waals surface area (Å²) in [6.07, 6.45) is 1.07. The molecule has 0 aromatic rings. The molecule has 0 aliphatic heterocycles. The zero-order chi connectivity index (χ0) is 12.8. The lowest BCUT2D eigenvalue weighted by Gasteiger charge is -2.27. The molecular weight excluding hydrogens is 206 g/mol. The molecule has 0 heterocycles. The Labute approximate surface area is 98.4 Å². The van der Waals surface area contributed by atoms with Crippen LogP contribution in [0, 0.1) is 5.92 Å². The highest BCUT2D eigenvalue weighted by molar-refractivity contribution is 5.69. The van der Waals surface area contributed by atoms with Gasteiger partial charge in [-0.05, 0) is 26.2 Å². The first kappa shape index (κ1) is 15.4. The van der Waals surface area contributed by atoms with Gasteiger partial charge in [-0.2, -0.15) is 0 Å². The maximum absolute atomic E-state index is 11.0. The number of carbonyl (C=O) groups is 1. The number of esters is 1. The molecular formula is C12H25NO3. The van der Waals surface area contributed by atoms with Gasteiger partial charge in [0.1, 0.15) is 0 Å². The second kappa shape index (κ2) is 6.86. The van der Waals surface area contributed by atoms with Gasteiger partial charge in [-0.25, -0.2) is 0 Å². The highest BCUT2D eigenvalue weighted by Crippen LogP contribution is 2.15. The summed E-state index contributed by atoms with van der Waals surface area (Å²) < 4.78 is 4.58. The lowest BCUT2D eigenvalue weighted by atomic mass is 9.94. The Kier molecular flexibility index (Phi) is 6.60. The van der Waals surface area contributed by atoms with Gasteiger partial charge < -0.3 is 15.2 Å². The minimum absolute atomic E-state index is 0.0195. The number of methoxy groups -OCH3 is 1. The summed E-state index contributed by atoms with van der Waals surface area (Å²) in [4.78, 5) is 11.0. The van der Waals surface area contributed by atoms with Crippen LogP contribution in [-0.2, 0) is 9.53 Å². The van der Waals surface area contributed by atoms with Crippen LogP contribution in [0.25, 0.3) is 0 Å². The van der Waals surface area contributed by atoms with Gasteiger partial charge in [-0.15, -0.1) is 0 Å². The normalized spacial score (nSPS) is 16.9. The number of aliphatic hydroxyl groups is 1. The Morgan fingerprint density at radius 2 is 2.00 bits per heavy atom. The first-order chi connectivity index (χ1) is 7.26. The molecule has 4 nitrogen and oxygen atoms in total. The quantitative estimate of drug-likeness (QED) is 0.649. The van der Waals surface area contributed by atoms with Gasteiger partial charge >= 0.3 is 5.97 Å². The minimum Gasteiger partial charge on any atom is -0.469 e. The van der Waals surface area contributed by atoms with Gasteiger partial charge in [0.2, 0.25) is 0 Å². The molecule has 4 heteroatoms. The third-order valence-electron chi connectivity index (χ3n) is 2.38. The highest BCUT2D eigenvalue weighted by Gasteiger charge is 2.22. The third kappa shape index (κ3) is 7.65. The highest BCUT2D eigenvalue weighted by atomic mass is 16.5. The van der Waals surface area contributed by atoms with E-state index in [0.717, 1.165) is 6.42 Å². The van der Waals surface area contributed by atoms with Gasteiger partial charge in [0, 0.05) is 12.6 Å². The molecule has 96 valence electrons. The average molecular weight is 231 g/mol. The van der Waals surface area contributed by atoms with Crippen LogP contribution in [-0.4, -0.2) is 36.4 Å². The second-order valence-corrected chi connectivity index (χ2v) is 5.16. The summed E-state index contributed by atoms with van der Waals surface area (Å²) in [5, 5.41) is 13.2. The molecule has 0 aliphatic rings. The van der Waals surface area contributed by atoms with E-state index in [4.69, 9.17) is 0 Å². The van der Waals surface area contributed by atoms with E-state index in [1.54, 1.807) is 0 Å². The van der Waals surface area contributed by atoms with Crippen molar-refractivity contribution in [2.45, 2.75) is 52.2 Å². The van der Waals surface area contributed by atoms with Gasteiger partial charge in [-0.3, -0.25) is 4.79 Å². The number of nitrogens with one attached hydrogen (secondary N) is 1. The maximum Gasteiger partial charge on any atom is 0.307 e. The van der Waals surface area contributed by atoms with Crippen molar-refractivity contribution in [3.05, 3.63) is 0 Å². The van der Waals surface area contributed by atoms with Crippen LogP contribution in [0.1, 0.15) is 40.5 Å². The molecule has 2 atom stereocenters. The van der Waals surface area contributed by atoms with Crippen molar-refractivity contribution < 1.29 is 14.6 Å². The molecule has 16 heavy (non-hydrogen) atoms. The Balaban J connectivity index is 3.89. The zero-order valence-corrected chi connectivity index (χ0v) is 11.0. The number of hydrogen-bond acceptors (Lipinski definition) is 4. The Morgan fingerprint density at radius 1 is 1.44 bits per heavy atom. The molecule has 0 amide bonds. The molecule has 0 rings (SSSR count). The molecule has 0 bridgehead atoms. The average Bonchev–Trinajstić information content (AvgIpc) is 2.13. The molecule has 0 saturated carbocycles. The van der Waals surface area contributed by atoms with Crippen molar-refractivity contribution in [1.29, 1.82) is 0 Å². The monoisotopic (exact) mass is 231 g/mol. The van der Waals surface area contributed by atoms with Crippen molar-refractivity contribution in [3.63, 3.8) is 0 Å². The predicted molar refractivity (Wildman–Crippen MR) is 64.2 cm³/mol. The van der Waals surface area contributed by atoms with Crippen LogP contribution < -0.4 is 5.32 Å². The Morgan fingerprint density at radius 3 is 2.44 bits per heavy atom. The van der Waals surface area contributed by atoms with Crippen molar-refractivity contribution in [2.75, 3.05) is 13.7 Å². The van der Waals surface area contributed by atoms with Crippen LogP contribution in [0.3, 0.4) is 0 Å². The SMILES string of the molecule is COC(=O)CC(C)NCC(C)(O)CC(C)C. The van der Waals surface area contributed by atoms with E-state index in [0.29, 0.717) is 18.9 Å². The Bertz CT molecular complexity index is 214. The van der Waals surface area contributed by atoms with Crippen molar-refractivity contribution in [2.24, 2.45) is 5.92 Å².